The van der Waals surface area contributed by atoms with Gasteiger partial charge in [-0.25, -0.2) is 0 Å². The summed E-state index contributed by atoms with van der Waals surface area (Å²) < 4.78 is 0. The van der Waals surface area contributed by atoms with Gasteiger partial charge in [-0.05, 0) is 0 Å². The van der Waals surface area contributed by atoms with Gasteiger partial charge in [0.1, 0.15) is 0 Å². The van der Waals surface area contributed by atoms with Gasteiger partial charge in [-0.15, -0.1) is 0 Å². The summed E-state index contributed by atoms with van der Waals surface area (Å²) in [5, 5.41) is 1.06. The fourth-order valence-corrected chi connectivity index (χ4v) is 0. The molecule has 0 aromatic rings. The molecule has 0 bridgehead atoms. The van der Waals surface area contributed by atoms with Crippen molar-refractivity contribution in [2.75, 3.05) is 5.33 Å². The molecule has 0 N–H and O–H groups in total. The van der Waals surface area contributed by atoms with E-state index in [-0.39, 0.29) is 68.3 Å². The van der Waals surface area contributed by atoms with Gasteiger partial charge in [0.05, 0.1) is 0 Å². The molecule has 0 aliphatic heterocycles. The van der Waals surface area contributed by atoms with Gasteiger partial charge in [0, 0.05) is 5.33 Å². The van der Waals surface area contributed by atoms with Crippen LogP contribution < -0.4 is 50.9 Å². The van der Waals surface area contributed by atoms with Gasteiger partial charge in [-0.2, -0.15) is 0 Å². The van der Waals surface area contributed by atoms with E-state index in [0.717, 1.165) is 5.33 Å². The molecule has 44 valence electrons. The summed E-state index contributed by atoms with van der Waals surface area (Å²) in [6.07, 6.45) is 0. The Morgan fingerprint density at radius 2 is 1.14 bits per heavy atom. The van der Waals surface area contributed by atoms with E-state index in [0.29, 0.717) is 0 Å². The number of hydrogen-bond donors (Lipinski definition) is 0. The first-order valence-electron chi connectivity index (χ1n) is 0.974. The molecule has 0 aliphatic rings. The van der Waals surface area contributed by atoms with E-state index in [2.05, 4.69) is 15.9 Å². The minimum atomic E-state index is 0. The second kappa shape index (κ2) is 39.4. The normalized spacial score (nSPS) is 2.57. The van der Waals surface area contributed by atoms with E-state index in [4.69, 9.17) is 0 Å². The molecule has 0 fully saturated rings. The average Bonchev–Trinajstić information content (AvgIpc) is 0.918. The molecule has 0 radical (unpaired) electrons. The predicted molar refractivity (Wildman–Crippen MR) is 25.2 cm³/mol. The van der Waals surface area contributed by atoms with Crippen LogP contribution in [0.2, 0.25) is 0 Å². The van der Waals surface area contributed by atoms with Crippen molar-refractivity contribution < 1.29 is 50.9 Å². The summed E-state index contributed by atoms with van der Waals surface area (Å²) in [4.78, 5) is 0. The van der Waals surface area contributed by atoms with Crippen LogP contribution in [0.1, 0.15) is 6.92 Å². The van der Waals surface area contributed by atoms with Gasteiger partial charge >= 0.3 is 17.4 Å². The minimum absolute atomic E-state index is 0. The van der Waals surface area contributed by atoms with Crippen LogP contribution in [0.15, 0.2) is 0 Å². The fourth-order valence-electron chi connectivity index (χ4n) is 0. The van der Waals surface area contributed by atoms with Crippen LogP contribution in [-0.4, -0.2) is 22.7 Å². The number of halogens is 4. The van der Waals surface area contributed by atoms with Gasteiger partial charge in [-0.3, -0.25) is 0 Å². The van der Waals surface area contributed by atoms with Crippen molar-refractivity contribution in [3.8, 4) is 0 Å². The summed E-state index contributed by atoms with van der Waals surface area (Å²) in [5.41, 5.74) is 0. The molecule has 0 saturated heterocycles. The van der Waals surface area contributed by atoms with Crippen molar-refractivity contribution in [1.29, 1.82) is 0 Å². The number of hydrogen-bond acceptors (Lipinski definition) is 0. The second-order valence-corrected chi connectivity index (χ2v) is 1.39. The maximum absolute atomic E-state index is 3.15. The molecule has 0 aromatic heterocycles. The average molecular weight is 376 g/mol. The molecule has 0 atom stereocenters. The van der Waals surface area contributed by atoms with E-state index in [1.165, 1.54) is 0 Å². The minimum Gasteiger partial charge on any atom is -1.00 e. The molecule has 0 heterocycles. The summed E-state index contributed by atoms with van der Waals surface area (Å²) in [6.45, 7) is 2.04. The SMILES string of the molecule is CCBr.[Al+3].[Br-].[Br-].[Br-]. The molecule has 0 amide bonds. The van der Waals surface area contributed by atoms with E-state index < -0.39 is 0 Å². The summed E-state index contributed by atoms with van der Waals surface area (Å²) in [6, 6.07) is 0. The molecule has 0 saturated carbocycles. The number of alkyl halides is 1. The molecule has 0 rings (SSSR count). The zero-order valence-electron chi connectivity index (χ0n) is 3.80. The maximum atomic E-state index is 3.15. The quantitative estimate of drug-likeness (QED) is 0.292. The zero-order valence-corrected chi connectivity index (χ0v) is 11.3. The Labute approximate surface area is 95.4 Å². The Balaban J connectivity index is -0.00000000333. The molecular formula is C2H5AlBr4. The first-order valence-corrected chi connectivity index (χ1v) is 2.10. The largest absolute Gasteiger partial charge is 3.00 e. The fraction of sp³-hybridized carbons (Fsp3) is 1.00. The van der Waals surface area contributed by atoms with Crippen LogP contribution in [0.3, 0.4) is 0 Å². The molecule has 7 heavy (non-hydrogen) atoms. The van der Waals surface area contributed by atoms with E-state index in [1.807, 2.05) is 6.92 Å². The molecule has 0 unspecified atom stereocenters. The van der Waals surface area contributed by atoms with Crippen LogP contribution in [0.4, 0.5) is 0 Å². The van der Waals surface area contributed by atoms with Gasteiger partial charge in [0.2, 0.25) is 0 Å². The summed E-state index contributed by atoms with van der Waals surface area (Å²) in [5.74, 6) is 0. The third kappa shape index (κ3) is 58.5. The van der Waals surface area contributed by atoms with Crippen LogP contribution in [-0.2, 0) is 0 Å². The second-order valence-electron chi connectivity index (χ2n) is 0.267. The van der Waals surface area contributed by atoms with Crippen LogP contribution in [0.25, 0.3) is 0 Å². The van der Waals surface area contributed by atoms with Crippen LogP contribution >= 0.6 is 15.9 Å². The van der Waals surface area contributed by atoms with Gasteiger partial charge in [0.15, 0.2) is 0 Å². The first kappa shape index (κ1) is 34.1. The van der Waals surface area contributed by atoms with Crippen molar-refractivity contribution in [1.82, 2.24) is 0 Å². The standard InChI is InChI=1S/C2H5Br.Al.3BrH/c1-2-3;;;;/h2H2,1H3;;3*1H/q;+3;;;/p-3. The van der Waals surface area contributed by atoms with E-state index >= 15 is 0 Å². The summed E-state index contributed by atoms with van der Waals surface area (Å²) >= 11 is 3.15. The Kier molecular flexibility index (Phi) is 192. The first-order chi connectivity index (χ1) is 1.41. The van der Waals surface area contributed by atoms with Gasteiger partial charge in [-0.1, -0.05) is 22.9 Å². The van der Waals surface area contributed by atoms with Gasteiger partial charge < -0.3 is 50.9 Å². The molecular weight excluding hydrogens is 371 g/mol. The Hall–Kier alpha value is 2.45. The summed E-state index contributed by atoms with van der Waals surface area (Å²) in [7, 11) is 0. The maximum Gasteiger partial charge on any atom is 3.00 e. The van der Waals surface area contributed by atoms with Crippen molar-refractivity contribution >= 4 is 33.3 Å². The van der Waals surface area contributed by atoms with E-state index in [9.17, 15) is 0 Å². The molecule has 0 nitrogen and oxygen atoms in total. The van der Waals surface area contributed by atoms with Crippen molar-refractivity contribution in [3.63, 3.8) is 0 Å². The monoisotopic (exact) mass is 372 g/mol. The third-order valence-electron chi connectivity index (χ3n) is 0. The Morgan fingerprint density at radius 3 is 1.14 bits per heavy atom. The van der Waals surface area contributed by atoms with Gasteiger partial charge in [0.25, 0.3) is 0 Å². The molecule has 5 heteroatoms. The molecule has 0 aliphatic carbocycles. The Bertz CT molecular complexity index is 9.65. The molecule has 0 aromatic carbocycles. The van der Waals surface area contributed by atoms with Crippen molar-refractivity contribution in [2.24, 2.45) is 0 Å². The Morgan fingerprint density at radius 1 is 1.14 bits per heavy atom. The van der Waals surface area contributed by atoms with Crippen molar-refractivity contribution in [3.05, 3.63) is 0 Å². The molecule has 0 spiro atoms. The zero-order chi connectivity index (χ0) is 2.71. The smallest absolute Gasteiger partial charge is 1.00 e. The van der Waals surface area contributed by atoms with E-state index in [1.54, 1.807) is 0 Å². The topological polar surface area (TPSA) is 0 Å². The van der Waals surface area contributed by atoms with Crippen molar-refractivity contribution in [2.45, 2.75) is 6.92 Å². The van der Waals surface area contributed by atoms with Crippen LogP contribution in [0.5, 0.6) is 0 Å². The predicted octanol–water partition coefficient (Wildman–Crippen LogP) is -7.97. The third-order valence-corrected chi connectivity index (χ3v) is 0. The number of rotatable bonds is 0. The van der Waals surface area contributed by atoms with Crippen LogP contribution in [0, 0.1) is 0 Å².